The fraction of sp³-hybridized carbons (Fsp3) is 0.346. The highest BCUT2D eigenvalue weighted by molar-refractivity contribution is 5.79. The summed E-state index contributed by atoms with van der Waals surface area (Å²) in [5, 5.41) is 3.80. The van der Waals surface area contributed by atoms with Gasteiger partial charge in [0.15, 0.2) is 0 Å². The lowest BCUT2D eigenvalue weighted by atomic mass is 9.89. The first-order valence-electron chi connectivity index (χ1n) is 11.0. The minimum absolute atomic E-state index is 0.194. The van der Waals surface area contributed by atoms with Gasteiger partial charge >= 0.3 is 0 Å². The fourth-order valence-corrected chi connectivity index (χ4v) is 4.75. The second-order valence-electron chi connectivity index (χ2n) is 8.39. The van der Waals surface area contributed by atoms with Crippen LogP contribution in [0.2, 0.25) is 0 Å². The van der Waals surface area contributed by atoms with Crippen molar-refractivity contribution in [3.63, 3.8) is 0 Å². The smallest absolute Gasteiger partial charge is 0.110 e. The molecule has 5 rings (SSSR count). The second-order valence-corrected chi connectivity index (χ2v) is 8.39. The van der Waals surface area contributed by atoms with Crippen LogP contribution in [-0.4, -0.2) is 9.97 Å². The number of aromatic amines is 1. The van der Waals surface area contributed by atoms with Gasteiger partial charge in [-0.15, -0.1) is 0 Å². The number of rotatable bonds is 5. The predicted octanol–water partition coefficient (Wildman–Crippen LogP) is 7.04. The van der Waals surface area contributed by atoms with Crippen LogP contribution >= 0.6 is 0 Å². The van der Waals surface area contributed by atoms with Crippen molar-refractivity contribution in [2.75, 3.05) is 5.32 Å². The zero-order valence-corrected chi connectivity index (χ0v) is 16.9. The number of allylic oxidation sites excluding steroid dienone is 3. The lowest BCUT2D eigenvalue weighted by molar-refractivity contribution is 0.431. The largest absolute Gasteiger partial charge is 0.374 e. The highest BCUT2D eigenvalue weighted by atomic mass is 15.0. The molecule has 0 amide bonds. The van der Waals surface area contributed by atoms with E-state index in [0.717, 1.165) is 29.6 Å². The number of aromatic nitrogens is 2. The monoisotopic (exact) mass is 383 g/mol. The molecular weight excluding hydrogens is 354 g/mol. The van der Waals surface area contributed by atoms with Crippen LogP contribution in [0.25, 0.3) is 11.0 Å². The highest BCUT2D eigenvalue weighted by Crippen LogP contribution is 2.34. The molecule has 3 heteroatoms. The summed E-state index contributed by atoms with van der Waals surface area (Å²) in [6.45, 7) is 0. The van der Waals surface area contributed by atoms with Gasteiger partial charge in [-0.3, -0.25) is 0 Å². The molecule has 1 fully saturated rings. The molecule has 1 aromatic heterocycles. The highest BCUT2D eigenvalue weighted by Gasteiger charge is 2.20. The second kappa shape index (κ2) is 8.28. The molecule has 0 bridgehead atoms. The van der Waals surface area contributed by atoms with Crippen molar-refractivity contribution in [1.82, 2.24) is 9.97 Å². The number of hydrogen-bond donors (Lipinski definition) is 2. The molecule has 0 aliphatic heterocycles. The Morgan fingerprint density at radius 1 is 1.00 bits per heavy atom. The Balaban J connectivity index is 1.43. The summed E-state index contributed by atoms with van der Waals surface area (Å²) in [6.07, 6.45) is 15.5. The minimum atomic E-state index is 0.194. The summed E-state index contributed by atoms with van der Waals surface area (Å²) in [5.41, 5.74) is 6.10. The van der Waals surface area contributed by atoms with Crippen molar-refractivity contribution in [1.29, 1.82) is 0 Å². The molecule has 2 N–H and O–H groups in total. The van der Waals surface area contributed by atoms with E-state index in [2.05, 4.69) is 77.1 Å². The van der Waals surface area contributed by atoms with Gasteiger partial charge < -0.3 is 10.3 Å². The van der Waals surface area contributed by atoms with Gasteiger partial charge in [-0.05, 0) is 55.0 Å². The zero-order chi connectivity index (χ0) is 19.5. The van der Waals surface area contributed by atoms with Crippen molar-refractivity contribution in [2.45, 2.75) is 56.9 Å². The van der Waals surface area contributed by atoms with E-state index in [0.29, 0.717) is 5.92 Å². The van der Waals surface area contributed by atoms with Crippen LogP contribution in [0.1, 0.15) is 68.3 Å². The molecule has 0 saturated heterocycles. The molecule has 3 aromatic rings. The summed E-state index contributed by atoms with van der Waals surface area (Å²) >= 11 is 0. The quantitative estimate of drug-likeness (QED) is 0.496. The van der Waals surface area contributed by atoms with Crippen LogP contribution in [0.15, 0.2) is 72.3 Å². The molecule has 1 atom stereocenters. The van der Waals surface area contributed by atoms with Gasteiger partial charge in [0.1, 0.15) is 5.82 Å². The van der Waals surface area contributed by atoms with Gasteiger partial charge in [-0.2, -0.15) is 0 Å². The van der Waals surface area contributed by atoms with E-state index in [4.69, 9.17) is 4.98 Å². The summed E-state index contributed by atoms with van der Waals surface area (Å²) in [7, 11) is 0. The van der Waals surface area contributed by atoms with E-state index >= 15 is 0 Å². The Morgan fingerprint density at radius 2 is 1.86 bits per heavy atom. The number of fused-ring (bicyclic) bond motifs is 1. The third-order valence-corrected chi connectivity index (χ3v) is 6.35. The first-order valence-corrected chi connectivity index (χ1v) is 11.0. The van der Waals surface area contributed by atoms with Crippen LogP contribution in [-0.2, 0) is 0 Å². The first kappa shape index (κ1) is 18.2. The molecule has 0 spiro atoms. The van der Waals surface area contributed by atoms with Gasteiger partial charge in [0.2, 0.25) is 0 Å². The topological polar surface area (TPSA) is 40.7 Å². The molecule has 2 aromatic carbocycles. The predicted molar refractivity (Wildman–Crippen MR) is 121 cm³/mol. The lowest BCUT2D eigenvalue weighted by Gasteiger charge is -2.24. The Hall–Kier alpha value is -2.81. The number of H-pyrrole nitrogens is 1. The van der Waals surface area contributed by atoms with Crippen LogP contribution in [0.5, 0.6) is 0 Å². The van der Waals surface area contributed by atoms with Crippen molar-refractivity contribution in [3.8, 4) is 0 Å². The van der Waals surface area contributed by atoms with Crippen molar-refractivity contribution >= 4 is 16.7 Å². The molecule has 29 heavy (non-hydrogen) atoms. The molecule has 2 aliphatic carbocycles. The van der Waals surface area contributed by atoms with E-state index in [-0.39, 0.29) is 6.04 Å². The lowest BCUT2D eigenvalue weighted by Crippen LogP contribution is -2.14. The van der Waals surface area contributed by atoms with Crippen LogP contribution in [0.3, 0.4) is 0 Å². The number of hydrogen-bond acceptors (Lipinski definition) is 2. The zero-order valence-electron chi connectivity index (χ0n) is 16.9. The molecule has 148 valence electrons. The summed E-state index contributed by atoms with van der Waals surface area (Å²) in [6, 6.07) is 17.5. The maximum Gasteiger partial charge on any atom is 0.110 e. The van der Waals surface area contributed by atoms with Crippen LogP contribution in [0, 0.1) is 0 Å². The molecule has 0 radical (unpaired) electrons. The van der Waals surface area contributed by atoms with Gasteiger partial charge in [0.05, 0.1) is 17.1 Å². The third-order valence-electron chi connectivity index (χ3n) is 6.35. The number of nitrogens with zero attached hydrogens (tertiary/aromatic N) is 1. The van der Waals surface area contributed by atoms with E-state index in [9.17, 15) is 0 Å². The number of nitrogens with one attached hydrogen (secondary N) is 2. The number of anilines is 1. The maximum absolute atomic E-state index is 4.90. The molecule has 1 unspecified atom stereocenters. The fourth-order valence-electron chi connectivity index (χ4n) is 4.75. The Morgan fingerprint density at radius 3 is 2.66 bits per heavy atom. The molecular formula is C26H29N3. The Bertz CT molecular complexity index is 1020. The van der Waals surface area contributed by atoms with Gasteiger partial charge in [-0.25, -0.2) is 4.98 Å². The molecule has 1 saturated carbocycles. The van der Waals surface area contributed by atoms with Gasteiger partial charge in [0, 0.05) is 11.6 Å². The molecule has 3 nitrogen and oxygen atoms in total. The number of imidazole rings is 1. The average molecular weight is 384 g/mol. The van der Waals surface area contributed by atoms with Crippen molar-refractivity contribution < 1.29 is 0 Å². The minimum Gasteiger partial charge on any atom is -0.374 e. The Kier molecular flexibility index (Phi) is 5.21. The maximum atomic E-state index is 4.90. The van der Waals surface area contributed by atoms with Gasteiger partial charge in [0.25, 0.3) is 0 Å². The summed E-state index contributed by atoms with van der Waals surface area (Å²) < 4.78 is 0. The molecule has 1 heterocycles. The van der Waals surface area contributed by atoms with Gasteiger partial charge in [-0.1, -0.05) is 67.8 Å². The van der Waals surface area contributed by atoms with E-state index in [1.165, 1.54) is 49.1 Å². The van der Waals surface area contributed by atoms with Crippen molar-refractivity contribution in [3.05, 3.63) is 83.7 Å². The Labute approximate surface area is 173 Å². The molecule has 2 aliphatic rings. The van der Waals surface area contributed by atoms with E-state index in [1.807, 2.05) is 0 Å². The summed E-state index contributed by atoms with van der Waals surface area (Å²) in [5.74, 6) is 1.78. The summed E-state index contributed by atoms with van der Waals surface area (Å²) in [4.78, 5) is 8.52. The first-order chi connectivity index (χ1) is 14.4. The van der Waals surface area contributed by atoms with Crippen LogP contribution in [0.4, 0.5) is 5.69 Å². The normalized spacial score (nSPS) is 18.6. The standard InChI is InChI=1S/C26H29N3/c1-4-10-19(11-5-1)25(20-12-6-2-7-13-20)27-22-16-17-23-24(18-22)29-26(28-23)21-14-8-3-9-15-21/h1-2,4-6,10-12,16-18,21,25,27H,3,7-9,13-15H2,(H,28,29). The van der Waals surface area contributed by atoms with Crippen molar-refractivity contribution in [2.24, 2.45) is 0 Å². The third kappa shape index (κ3) is 4.00. The SMILES string of the molecule is C1=CCCC(C(Nc2ccc3nc(C4CCCCC4)[nH]c3c2)c2ccccc2)=C1. The van der Waals surface area contributed by atoms with E-state index in [1.54, 1.807) is 0 Å². The van der Waals surface area contributed by atoms with E-state index < -0.39 is 0 Å². The average Bonchev–Trinajstić information content (AvgIpc) is 3.23. The van der Waals surface area contributed by atoms with Crippen LogP contribution < -0.4 is 5.32 Å². The number of benzene rings is 2.